The van der Waals surface area contributed by atoms with Gasteiger partial charge >= 0.3 is 0 Å². The number of H-pyrrole nitrogens is 1. The van der Waals surface area contributed by atoms with Crippen molar-refractivity contribution in [3.05, 3.63) is 76.6 Å². The van der Waals surface area contributed by atoms with Gasteiger partial charge < -0.3 is 15.0 Å². The molecule has 2 aromatic carbocycles. The summed E-state index contributed by atoms with van der Waals surface area (Å²) < 4.78 is 5.79. The highest BCUT2D eigenvalue weighted by Gasteiger charge is 2.19. The predicted octanol–water partition coefficient (Wildman–Crippen LogP) is 5.19. The molecule has 0 atom stereocenters. The molecule has 27 heavy (non-hydrogen) atoms. The first-order valence-electron chi connectivity index (χ1n) is 8.71. The SMILES string of the molecule is CC(=O)c1c(C)[nH]c(C(=O)Nc2ccc(Oc3ccc(C)cc3)cc2)c1C. The van der Waals surface area contributed by atoms with E-state index in [-0.39, 0.29) is 11.7 Å². The molecule has 0 spiro atoms. The average molecular weight is 362 g/mol. The maximum atomic E-state index is 12.5. The minimum absolute atomic E-state index is 0.0575. The van der Waals surface area contributed by atoms with Gasteiger partial charge in [-0.1, -0.05) is 17.7 Å². The van der Waals surface area contributed by atoms with Crippen LogP contribution in [0.2, 0.25) is 0 Å². The smallest absolute Gasteiger partial charge is 0.272 e. The lowest BCUT2D eigenvalue weighted by molar-refractivity contribution is 0.101. The quantitative estimate of drug-likeness (QED) is 0.614. The normalized spacial score (nSPS) is 10.5. The molecule has 0 saturated carbocycles. The zero-order valence-electron chi connectivity index (χ0n) is 15.8. The fraction of sp³-hybridized carbons (Fsp3) is 0.182. The molecule has 1 aromatic heterocycles. The van der Waals surface area contributed by atoms with Crippen molar-refractivity contribution in [2.45, 2.75) is 27.7 Å². The molecule has 0 bridgehead atoms. The second-order valence-electron chi connectivity index (χ2n) is 6.57. The first-order chi connectivity index (χ1) is 12.8. The molecular weight excluding hydrogens is 340 g/mol. The predicted molar refractivity (Wildman–Crippen MR) is 106 cm³/mol. The molecule has 0 aliphatic carbocycles. The molecule has 2 N–H and O–H groups in total. The summed E-state index contributed by atoms with van der Waals surface area (Å²) in [5, 5.41) is 2.84. The van der Waals surface area contributed by atoms with Gasteiger partial charge in [0.1, 0.15) is 17.2 Å². The van der Waals surface area contributed by atoms with E-state index in [0.29, 0.717) is 34.0 Å². The van der Waals surface area contributed by atoms with Gasteiger partial charge in [0.2, 0.25) is 0 Å². The fourth-order valence-corrected chi connectivity index (χ4v) is 3.05. The maximum Gasteiger partial charge on any atom is 0.272 e. The lowest BCUT2D eigenvalue weighted by Crippen LogP contribution is -2.13. The van der Waals surface area contributed by atoms with E-state index < -0.39 is 0 Å². The molecule has 0 unspecified atom stereocenters. The van der Waals surface area contributed by atoms with E-state index in [0.717, 1.165) is 5.75 Å². The fourth-order valence-electron chi connectivity index (χ4n) is 3.05. The molecule has 1 amide bonds. The van der Waals surface area contributed by atoms with Gasteiger partial charge in [-0.25, -0.2) is 0 Å². The van der Waals surface area contributed by atoms with Crippen molar-refractivity contribution in [1.82, 2.24) is 4.98 Å². The van der Waals surface area contributed by atoms with Crippen LogP contribution in [0.1, 0.15) is 44.6 Å². The van der Waals surface area contributed by atoms with E-state index in [1.165, 1.54) is 12.5 Å². The zero-order chi connectivity index (χ0) is 19.6. The Bertz CT molecular complexity index is 984. The number of rotatable bonds is 5. The molecular formula is C22H22N2O3. The van der Waals surface area contributed by atoms with Crippen LogP contribution in [0.3, 0.4) is 0 Å². The van der Waals surface area contributed by atoms with Crippen LogP contribution in [0.4, 0.5) is 5.69 Å². The molecule has 0 fully saturated rings. The Labute approximate surface area is 158 Å². The highest BCUT2D eigenvalue weighted by molar-refractivity contribution is 6.07. The van der Waals surface area contributed by atoms with E-state index >= 15 is 0 Å². The van der Waals surface area contributed by atoms with Crippen LogP contribution in [0, 0.1) is 20.8 Å². The van der Waals surface area contributed by atoms with Crippen molar-refractivity contribution in [3.63, 3.8) is 0 Å². The summed E-state index contributed by atoms with van der Waals surface area (Å²) in [6.45, 7) is 7.08. The Morgan fingerprint density at radius 2 is 1.44 bits per heavy atom. The summed E-state index contributed by atoms with van der Waals surface area (Å²) in [5.41, 5.74) is 4.15. The molecule has 1 heterocycles. The minimum Gasteiger partial charge on any atom is -0.457 e. The number of carbonyl (C=O) groups excluding carboxylic acids is 2. The number of hydrogen-bond donors (Lipinski definition) is 2. The van der Waals surface area contributed by atoms with Gasteiger partial charge in [-0.05, 0) is 69.7 Å². The van der Waals surface area contributed by atoms with Crippen molar-refractivity contribution >= 4 is 17.4 Å². The van der Waals surface area contributed by atoms with Gasteiger partial charge in [-0.2, -0.15) is 0 Å². The largest absolute Gasteiger partial charge is 0.457 e. The third-order valence-electron chi connectivity index (χ3n) is 4.39. The van der Waals surface area contributed by atoms with Crippen molar-refractivity contribution in [2.75, 3.05) is 5.32 Å². The lowest BCUT2D eigenvalue weighted by atomic mass is 10.1. The second-order valence-corrected chi connectivity index (χ2v) is 6.57. The van der Waals surface area contributed by atoms with Crippen molar-refractivity contribution < 1.29 is 14.3 Å². The monoisotopic (exact) mass is 362 g/mol. The Kier molecular flexibility index (Phi) is 5.12. The summed E-state index contributed by atoms with van der Waals surface area (Å²) in [4.78, 5) is 27.3. The number of aryl methyl sites for hydroxylation is 2. The van der Waals surface area contributed by atoms with Gasteiger partial charge in [0.15, 0.2) is 5.78 Å². The van der Waals surface area contributed by atoms with Crippen molar-refractivity contribution in [1.29, 1.82) is 0 Å². The van der Waals surface area contributed by atoms with E-state index in [1.54, 1.807) is 38.1 Å². The van der Waals surface area contributed by atoms with Crippen LogP contribution < -0.4 is 10.1 Å². The van der Waals surface area contributed by atoms with Crippen LogP contribution >= 0.6 is 0 Å². The first kappa shape index (κ1) is 18.5. The molecule has 5 heteroatoms. The molecule has 5 nitrogen and oxygen atoms in total. The molecule has 0 aliphatic rings. The number of benzene rings is 2. The summed E-state index contributed by atoms with van der Waals surface area (Å²) in [6.07, 6.45) is 0. The number of carbonyl (C=O) groups is 2. The van der Waals surface area contributed by atoms with Crippen molar-refractivity contribution in [2.24, 2.45) is 0 Å². The number of ether oxygens (including phenoxy) is 1. The van der Waals surface area contributed by atoms with Crippen LogP contribution in [-0.2, 0) is 0 Å². The Hall–Kier alpha value is -3.34. The standard InChI is InChI=1S/C22H22N2O3/c1-13-5-9-18(10-6-13)27-19-11-7-17(8-12-19)24-22(26)21-14(2)20(16(4)25)15(3)23-21/h5-12,23H,1-4H3,(H,24,26). The van der Waals surface area contributed by atoms with Crippen LogP contribution in [-0.4, -0.2) is 16.7 Å². The minimum atomic E-state index is -0.282. The summed E-state index contributed by atoms with van der Waals surface area (Å²) in [7, 11) is 0. The third kappa shape index (κ3) is 4.08. The van der Waals surface area contributed by atoms with Crippen LogP contribution in [0.5, 0.6) is 11.5 Å². The summed E-state index contributed by atoms with van der Waals surface area (Å²) in [5.74, 6) is 1.10. The molecule has 3 rings (SSSR count). The summed E-state index contributed by atoms with van der Waals surface area (Å²) in [6, 6.07) is 14.9. The number of ketones is 1. The third-order valence-corrected chi connectivity index (χ3v) is 4.39. The number of Topliss-reactive ketones (excluding diaryl/α,β-unsaturated/α-hetero) is 1. The van der Waals surface area contributed by atoms with E-state index in [1.807, 2.05) is 31.2 Å². The molecule has 138 valence electrons. The lowest BCUT2D eigenvalue weighted by Gasteiger charge is -2.08. The highest BCUT2D eigenvalue weighted by Crippen LogP contribution is 2.24. The van der Waals surface area contributed by atoms with Gasteiger partial charge in [-0.3, -0.25) is 9.59 Å². The van der Waals surface area contributed by atoms with E-state index in [4.69, 9.17) is 4.74 Å². The second kappa shape index (κ2) is 7.50. The van der Waals surface area contributed by atoms with Crippen LogP contribution in [0.25, 0.3) is 0 Å². The number of aromatic amines is 1. The average Bonchev–Trinajstić information content (AvgIpc) is 2.93. The van der Waals surface area contributed by atoms with Gasteiger partial charge in [0.05, 0.1) is 0 Å². The highest BCUT2D eigenvalue weighted by atomic mass is 16.5. The van der Waals surface area contributed by atoms with E-state index in [2.05, 4.69) is 10.3 Å². The molecule has 0 saturated heterocycles. The van der Waals surface area contributed by atoms with Gasteiger partial charge in [0.25, 0.3) is 5.91 Å². The topological polar surface area (TPSA) is 71.2 Å². The van der Waals surface area contributed by atoms with Crippen molar-refractivity contribution in [3.8, 4) is 11.5 Å². The summed E-state index contributed by atoms with van der Waals surface area (Å²) >= 11 is 0. The Morgan fingerprint density at radius 1 is 0.889 bits per heavy atom. The van der Waals surface area contributed by atoms with Gasteiger partial charge in [-0.15, -0.1) is 0 Å². The number of anilines is 1. The number of aromatic nitrogens is 1. The van der Waals surface area contributed by atoms with Crippen LogP contribution in [0.15, 0.2) is 48.5 Å². The number of hydrogen-bond acceptors (Lipinski definition) is 3. The zero-order valence-corrected chi connectivity index (χ0v) is 15.8. The number of amides is 1. The van der Waals surface area contributed by atoms with Gasteiger partial charge in [0, 0.05) is 16.9 Å². The Morgan fingerprint density at radius 3 is 1.96 bits per heavy atom. The van der Waals surface area contributed by atoms with E-state index in [9.17, 15) is 9.59 Å². The molecule has 0 radical (unpaired) electrons. The molecule has 0 aliphatic heterocycles. The number of nitrogens with one attached hydrogen (secondary N) is 2. The maximum absolute atomic E-state index is 12.5. The molecule has 3 aromatic rings. The first-order valence-corrected chi connectivity index (χ1v) is 8.71. The Balaban J connectivity index is 1.71.